The summed E-state index contributed by atoms with van der Waals surface area (Å²) >= 11 is 0. The van der Waals surface area contributed by atoms with E-state index in [-0.39, 0.29) is 0 Å². The molecule has 24 heavy (non-hydrogen) atoms. The van der Waals surface area contributed by atoms with Crippen LogP contribution < -0.4 is 0 Å². The summed E-state index contributed by atoms with van der Waals surface area (Å²) in [7, 11) is 0. The minimum Gasteiger partial charge on any atom is -0.299 e. The molecule has 0 amide bonds. The van der Waals surface area contributed by atoms with E-state index in [1.54, 1.807) is 0 Å². The van der Waals surface area contributed by atoms with Crippen LogP contribution in [0, 0.1) is 6.92 Å². The lowest BCUT2D eigenvalue weighted by atomic mass is 9.92. The van der Waals surface area contributed by atoms with Crippen molar-refractivity contribution in [2.24, 2.45) is 0 Å². The lowest BCUT2D eigenvalue weighted by Gasteiger charge is -2.21. The maximum Gasteiger partial charge on any atom is 0.144 e. The van der Waals surface area contributed by atoms with Gasteiger partial charge in [-0.05, 0) is 36.0 Å². The molecule has 0 saturated heterocycles. The van der Waals surface area contributed by atoms with Crippen LogP contribution in [-0.2, 0) is 0 Å². The number of nitrogens with zero attached hydrogens (tertiary/aromatic N) is 2. The summed E-state index contributed by atoms with van der Waals surface area (Å²) in [6.07, 6.45) is 3.99. The predicted octanol–water partition coefficient (Wildman–Crippen LogP) is 6.09. The minimum absolute atomic E-state index is 0.464. The van der Waals surface area contributed by atoms with Gasteiger partial charge in [-0.1, -0.05) is 69.7 Å². The van der Waals surface area contributed by atoms with Gasteiger partial charge in [-0.25, -0.2) is 4.98 Å². The van der Waals surface area contributed by atoms with E-state index in [0.29, 0.717) is 11.8 Å². The fraction of sp³-hybridized carbons (Fsp3) is 0.318. The molecule has 0 unspecified atom stereocenters. The zero-order valence-electron chi connectivity index (χ0n) is 15.2. The van der Waals surface area contributed by atoms with Crippen molar-refractivity contribution in [3.8, 4) is 17.1 Å². The lowest BCUT2D eigenvalue weighted by Crippen LogP contribution is -2.07. The molecule has 2 nitrogen and oxygen atoms in total. The van der Waals surface area contributed by atoms with Gasteiger partial charge in [-0.15, -0.1) is 0 Å². The molecule has 3 rings (SSSR count). The van der Waals surface area contributed by atoms with Gasteiger partial charge in [0.2, 0.25) is 0 Å². The average molecular weight is 318 g/mol. The highest BCUT2D eigenvalue weighted by Crippen LogP contribution is 2.33. The Hall–Kier alpha value is -2.35. The molecule has 0 aliphatic heterocycles. The predicted molar refractivity (Wildman–Crippen MR) is 102 cm³/mol. The maximum absolute atomic E-state index is 4.67. The SMILES string of the molecule is Cc1cccc(-c2nccn2-c2c(C(C)C)cccc2C(C)C)c1. The van der Waals surface area contributed by atoms with E-state index in [1.807, 2.05) is 6.20 Å². The van der Waals surface area contributed by atoms with Crippen molar-refractivity contribution in [2.45, 2.75) is 46.5 Å². The molecule has 0 atom stereocenters. The Kier molecular flexibility index (Phi) is 4.57. The van der Waals surface area contributed by atoms with E-state index in [1.165, 1.54) is 22.4 Å². The van der Waals surface area contributed by atoms with Gasteiger partial charge in [0.05, 0.1) is 5.69 Å². The summed E-state index contributed by atoms with van der Waals surface area (Å²) in [4.78, 5) is 4.67. The number of aryl methyl sites for hydroxylation is 1. The molecule has 1 aromatic heterocycles. The summed E-state index contributed by atoms with van der Waals surface area (Å²) in [5.74, 6) is 1.94. The normalized spacial score (nSPS) is 11.5. The van der Waals surface area contributed by atoms with E-state index in [0.717, 1.165) is 11.4 Å². The van der Waals surface area contributed by atoms with Gasteiger partial charge in [0.25, 0.3) is 0 Å². The zero-order valence-corrected chi connectivity index (χ0v) is 15.2. The molecule has 0 aliphatic rings. The van der Waals surface area contributed by atoms with Crippen LogP contribution in [0.15, 0.2) is 54.9 Å². The Morgan fingerprint density at radius 2 is 1.50 bits per heavy atom. The number of para-hydroxylation sites is 1. The van der Waals surface area contributed by atoms with E-state index in [9.17, 15) is 0 Å². The van der Waals surface area contributed by atoms with E-state index >= 15 is 0 Å². The molecule has 0 bridgehead atoms. The summed E-state index contributed by atoms with van der Waals surface area (Å²) < 4.78 is 2.26. The van der Waals surface area contributed by atoms with E-state index in [2.05, 4.69) is 92.8 Å². The van der Waals surface area contributed by atoms with Crippen molar-refractivity contribution in [3.63, 3.8) is 0 Å². The van der Waals surface area contributed by atoms with Gasteiger partial charge in [0, 0.05) is 18.0 Å². The Bertz CT molecular complexity index is 814. The van der Waals surface area contributed by atoms with Crippen LogP contribution >= 0.6 is 0 Å². The second-order valence-electron chi connectivity index (χ2n) is 7.08. The van der Waals surface area contributed by atoms with Crippen LogP contribution in [-0.4, -0.2) is 9.55 Å². The molecule has 3 aromatic rings. The van der Waals surface area contributed by atoms with Gasteiger partial charge < -0.3 is 0 Å². The average Bonchev–Trinajstić information content (AvgIpc) is 3.03. The fourth-order valence-electron chi connectivity index (χ4n) is 3.27. The Labute approximate surface area is 145 Å². The highest BCUT2D eigenvalue weighted by Gasteiger charge is 2.18. The molecule has 0 aliphatic carbocycles. The number of aromatic nitrogens is 2. The highest BCUT2D eigenvalue weighted by atomic mass is 15.1. The summed E-state index contributed by atoms with van der Waals surface area (Å²) in [6, 6.07) is 15.2. The Balaban J connectivity index is 2.26. The first-order chi connectivity index (χ1) is 11.5. The van der Waals surface area contributed by atoms with Gasteiger partial charge in [0.15, 0.2) is 0 Å². The van der Waals surface area contributed by atoms with Gasteiger partial charge >= 0.3 is 0 Å². The second kappa shape index (κ2) is 6.64. The lowest BCUT2D eigenvalue weighted by molar-refractivity contribution is 0.806. The molecular formula is C22H26N2. The van der Waals surface area contributed by atoms with Crippen LogP contribution in [0.3, 0.4) is 0 Å². The Morgan fingerprint density at radius 3 is 2.08 bits per heavy atom. The van der Waals surface area contributed by atoms with Crippen LogP contribution in [0.4, 0.5) is 0 Å². The standard InChI is InChI=1S/C22H26N2/c1-15(2)19-10-7-11-20(16(3)4)21(19)24-13-12-23-22(24)18-9-6-8-17(5)14-18/h6-16H,1-5H3. The summed E-state index contributed by atoms with van der Waals surface area (Å²) in [5.41, 5.74) is 6.44. The van der Waals surface area contributed by atoms with E-state index < -0.39 is 0 Å². The van der Waals surface area contributed by atoms with Crippen molar-refractivity contribution in [1.82, 2.24) is 9.55 Å². The topological polar surface area (TPSA) is 17.8 Å². The third-order valence-corrected chi connectivity index (χ3v) is 4.50. The first kappa shape index (κ1) is 16.5. The first-order valence-corrected chi connectivity index (χ1v) is 8.72. The smallest absolute Gasteiger partial charge is 0.144 e. The van der Waals surface area contributed by atoms with E-state index in [4.69, 9.17) is 0 Å². The molecular weight excluding hydrogens is 292 g/mol. The van der Waals surface area contributed by atoms with Crippen LogP contribution in [0.5, 0.6) is 0 Å². The van der Waals surface area contributed by atoms with Crippen molar-refractivity contribution in [2.75, 3.05) is 0 Å². The third-order valence-electron chi connectivity index (χ3n) is 4.50. The largest absolute Gasteiger partial charge is 0.299 e. The fourth-order valence-corrected chi connectivity index (χ4v) is 3.27. The first-order valence-electron chi connectivity index (χ1n) is 8.72. The molecule has 2 aromatic carbocycles. The number of hydrogen-bond acceptors (Lipinski definition) is 1. The van der Waals surface area contributed by atoms with Crippen molar-refractivity contribution < 1.29 is 0 Å². The number of hydrogen-bond donors (Lipinski definition) is 0. The molecule has 0 N–H and O–H groups in total. The molecule has 0 radical (unpaired) electrons. The van der Waals surface area contributed by atoms with Crippen LogP contribution in [0.25, 0.3) is 17.1 Å². The van der Waals surface area contributed by atoms with Crippen molar-refractivity contribution >= 4 is 0 Å². The monoisotopic (exact) mass is 318 g/mol. The molecule has 0 saturated carbocycles. The van der Waals surface area contributed by atoms with Crippen molar-refractivity contribution in [1.29, 1.82) is 0 Å². The van der Waals surface area contributed by atoms with Crippen LogP contribution in [0.1, 0.15) is 56.2 Å². The quantitative estimate of drug-likeness (QED) is 0.569. The minimum atomic E-state index is 0.464. The second-order valence-corrected chi connectivity index (χ2v) is 7.08. The van der Waals surface area contributed by atoms with Crippen LogP contribution in [0.2, 0.25) is 0 Å². The molecule has 124 valence electrons. The van der Waals surface area contributed by atoms with Gasteiger partial charge in [0.1, 0.15) is 5.82 Å². The third kappa shape index (κ3) is 3.01. The molecule has 0 fully saturated rings. The molecule has 2 heteroatoms. The number of imidazole rings is 1. The van der Waals surface area contributed by atoms with Gasteiger partial charge in [-0.3, -0.25) is 4.57 Å². The maximum atomic E-state index is 4.67. The molecule has 1 heterocycles. The van der Waals surface area contributed by atoms with Gasteiger partial charge in [-0.2, -0.15) is 0 Å². The number of benzene rings is 2. The Morgan fingerprint density at radius 1 is 0.875 bits per heavy atom. The number of rotatable bonds is 4. The highest BCUT2D eigenvalue weighted by molar-refractivity contribution is 5.63. The molecule has 0 spiro atoms. The summed E-state index contributed by atoms with van der Waals surface area (Å²) in [5, 5.41) is 0. The van der Waals surface area contributed by atoms with Crippen molar-refractivity contribution in [3.05, 3.63) is 71.5 Å². The summed E-state index contributed by atoms with van der Waals surface area (Å²) in [6.45, 7) is 11.1. The zero-order chi connectivity index (χ0) is 17.3.